The lowest BCUT2D eigenvalue weighted by Gasteiger charge is -2.30. The Bertz CT molecular complexity index is 746. The van der Waals surface area contributed by atoms with Crippen LogP contribution in [-0.2, 0) is 19.6 Å². The van der Waals surface area contributed by atoms with E-state index in [1.54, 1.807) is 0 Å². The van der Waals surface area contributed by atoms with Crippen LogP contribution < -0.4 is 10.1 Å². The Kier molecular flexibility index (Phi) is 5.45. The Morgan fingerprint density at radius 3 is 2.67 bits per heavy atom. The van der Waals surface area contributed by atoms with Gasteiger partial charge in [-0.2, -0.15) is 4.31 Å². The predicted molar refractivity (Wildman–Crippen MR) is 86.4 cm³/mol. The summed E-state index contributed by atoms with van der Waals surface area (Å²) in [6.07, 6.45) is 0.925. The molecule has 1 heterocycles. The van der Waals surface area contributed by atoms with Crippen molar-refractivity contribution in [3.8, 4) is 5.75 Å². The number of carboxylic acid groups (broad SMARTS) is 1. The number of ether oxygens (including phenoxy) is 1. The minimum absolute atomic E-state index is 0.0782. The van der Waals surface area contributed by atoms with Crippen LogP contribution in [0.25, 0.3) is 0 Å². The zero-order chi connectivity index (χ0) is 17.9. The maximum absolute atomic E-state index is 12.9. The molecular formula is C15H20N2O6S. The fourth-order valence-corrected chi connectivity index (χ4v) is 4.37. The van der Waals surface area contributed by atoms with Gasteiger partial charge in [0, 0.05) is 25.7 Å². The molecule has 1 aliphatic heterocycles. The third-order valence-corrected chi connectivity index (χ3v) is 5.72. The van der Waals surface area contributed by atoms with Gasteiger partial charge < -0.3 is 15.2 Å². The van der Waals surface area contributed by atoms with Crippen LogP contribution in [0.4, 0.5) is 5.69 Å². The number of piperidine rings is 1. The van der Waals surface area contributed by atoms with Crippen LogP contribution in [0.1, 0.15) is 19.8 Å². The van der Waals surface area contributed by atoms with Gasteiger partial charge in [-0.3, -0.25) is 9.59 Å². The molecule has 132 valence electrons. The molecule has 1 fully saturated rings. The Morgan fingerprint density at radius 2 is 2.08 bits per heavy atom. The summed E-state index contributed by atoms with van der Waals surface area (Å²) in [5.41, 5.74) is 0.327. The molecule has 0 aliphatic carbocycles. The first-order chi connectivity index (χ1) is 11.3. The second kappa shape index (κ2) is 7.18. The number of nitrogens with zero attached hydrogens (tertiary/aromatic N) is 1. The summed E-state index contributed by atoms with van der Waals surface area (Å²) in [5, 5.41) is 11.7. The highest BCUT2D eigenvalue weighted by atomic mass is 32.2. The van der Waals surface area contributed by atoms with Gasteiger partial charge in [0.15, 0.2) is 0 Å². The lowest BCUT2D eigenvalue weighted by molar-refractivity contribution is -0.142. The van der Waals surface area contributed by atoms with Crippen molar-refractivity contribution in [2.24, 2.45) is 5.92 Å². The lowest BCUT2D eigenvalue weighted by Crippen LogP contribution is -2.42. The molecule has 1 aliphatic rings. The number of hydrogen-bond acceptors (Lipinski definition) is 5. The first-order valence-corrected chi connectivity index (χ1v) is 8.88. The molecule has 1 saturated heterocycles. The zero-order valence-corrected chi connectivity index (χ0v) is 14.3. The molecule has 1 amide bonds. The maximum atomic E-state index is 12.9. The third kappa shape index (κ3) is 3.85. The second-order valence-corrected chi connectivity index (χ2v) is 7.49. The van der Waals surface area contributed by atoms with Crippen molar-refractivity contribution in [2.45, 2.75) is 24.7 Å². The molecule has 8 nitrogen and oxygen atoms in total. The van der Waals surface area contributed by atoms with Crippen molar-refractivity contribution in [3.63, 3.8) is 0 Å². The Labute approximate surface area is 140 Å². The number of aliphatic carboxylic acids is 1. The van der Waals surface area contributed by atoms with Gasteiger partial charge in [0.1, 0.15) is 10.6 Å². The van der Waals surface area contributed by atoms with Crippen LogP contribution in [0.3, 0.4) is 0 Å². The van der Waals surface area contributed by atoms with E-state index in [-0.39, 0.29) is 29.6 Å². The van der Waals surface area contributed by atoms with Crippen LogP contribution in [0, 0.1) is 5.92 Å². The predicted octanol–water partition coefficient (Wildman–Crippen LogP) is 1.14. The molecule has 0 radical (unpaired) electrons. The number of carbonyl (C=O) groups is 2. The van der Waals surface area contributed by atoms with E-state index in [9.17, 15) is 18.0 Å². The van der Waals surface area contributed by atoms with Crippen molar-refractivity contribution in [3.05, 3.63) is 18.2 Å². The molecule has 2 N–H and O–H groups in total. The number of sulfonamides is 1. The van der Waals surface area contributed by atoms with Gasteiger partial charge in [-0.15, -0.1) is 0 Å². The van der Waals surface area contributed by atoms with Crippen molar-refractivity contribution in [1.29, 1.82) is 0 Å². The van der Waals surface area contributed by atoms with Crippen molar-refractivity contribution in [2.75, 3.05) is 25.5 Å². The number of nitrogens with one attached hydrogen (secondary N) is 1. The van der Waals surface area contributed by atoms with E-state index in [4.69, 9.17) is 9.84 Å². The summed E-state index contributed by atoms with van der Waals surface area (Å²) >= 11 is 0. The quantitative estimate of drug-likeness (QED) is 0.818. The first kappa shape index (κ1) is 18.2. The summed E-state index contributed by atoms with van der Waals surface area (Å²) < 4.78 is 32.1. The summed E-state index contributed by atoms with van der Waals surface area (Å²) in [5.74, 6) is -1.92. The van der Waals surface area contributed by atoms with Gasteiger partial charge >= 0.3 is 5.97 Å². The summed E-state index contributed by atoms with van der Waals surface area (Å²) in [7, 11) is -2.59. The number of benzene rings is 1. The molecule has 1 unspecified atom stereocenters. The van der Waals surface area contributed by atoms with Gasteiger partial charge in [0.05, 0.1) is 13.0 Å². The number of methoxy groups -OCH3 is 1. The number of rotatable bonds is 5. The topological polar surface area (TPSA) is 113 Å². The van der Waals surface area contributed by atoms with Crippen molar-refractivity contribution >= 4 is 27.6 Å². The fraction of sp³-hybridized carbons (Fsp3) is 0.467. The van der Waals surface area contributed by atoms with Crippen LogP contribution in [0.15, 0.2) is 23.1 Å². The molecule has 0 spiro atoms. The van der Waals surface area contributed by atoms with E-state index in [1.165, 1.54) is 32.2 Å². The average Bonchev–Trinajstić information content (AvgIpc) is 2.54. The van der Waals surface area contributed by atoms with Crippen molar-refractivity contribution < 1.29 is 27.9 Å². The monoisotopic (exact) mass is 356 g/mol. The highest BCUT2D eigenvalue weighted by Gasteiger charge is 2.34. The van der Waals surface area contributed by atoms with Gasteiger partial charge in [0.2, 0.25) is 15.9 Å². The van der Waals surface area contributed by atoms with Crippen molar-refractivity contribution in [1.82, 2.24) is 4.31 Å². The maximum Gasteiger partial charge on any atom is 0.307 e. The minimum Gasteiger partial charge on any atom is -0.495 e. The molecule has 0 bridgehead atoms. The highest BCUT2D eigenvalue weighted by Crippen LogP contribution is 2.32. The van der Waals surface area contributed by atoms with Gasteiger partial charge in [-0.1, -0.05) is 0 Å². The molecule has 0 saturated carbocycles. The normalized spacial score (nSPS) is 18.8. The number of carboxylic acids is 1. The summed E-state index contributed by atoms with van der Waals surface area (Å²) in [6.45, 7) is 1.49. The molecule has 1 aromatic rings. The highest BCUT2D eigenvalue weighted by molar-refractivity contribution is 7.89. The van der Waals surface area contributed by atoms with E-state index in [0.717, 1.165) is 4.31 Å². The van der Waals surface area contributed by atoms with Crippen LogP contribution in [-0.4, -0.2) is 49.9 Å². The third-order valence-electron chi connectivity index (χ3n) is 3.84. The molecule has 2 rings (SSSR count). The SMILES string of the molecule is COc1ccc(NC(C)=O)cc1S(=O)(=O)N1CCCC(C(=O)O)C1. The largest absolute Gasteiger partial charge is 0.495 e. The average molecular weight is 356 g/mol. The molecule has 1 atom stereocenters. The minimum atomic E-state index is -3.94. The van der Waals surface area contributed by atoms with E-state index < -0.39 is 21.9 Å². The molecule has 24 heavy (non-hydrogen) atoms. The van der Waals surface area contributed by atoms with Crippen LogP contribution in [0.2, 0.25) is 0 Å². The molecule has 1 aromatic carbocycles. The van der Waals surface area contributed by atoms with E-state index in [0.29, 0.717) is 18.5 Å². The second-order valence-electron chi connectivity index (χ2n) is 5.59. The fourth-order valence-electron chi connectivity index (χ4n) is 2.66. The van der Waals surface area contributed by atoms with E-state index in [1.807, 2.05) is 0 Å². The number of carbonyl (C=O) groups excluding carboxylic acids is 1. The van der Waals surface area contributed by atoms with Gasteiger partial charge in [-0.25, -0.2) is 8.42 Å². The smallest absolute Gasteiger partial charge is 0.307 e. The summed E-state index contributed by atoms with van der Waals surface area (Å²) in [4.78, 5) is 22.3. The Morgan fingerprint density at radius 1 is 1.38 bits per heavy atom. The standard InChI is InChI=1S/C15H20N2O6S/c1-10(18)16-12-5-6-13(23-2)14(8-12)24(21,22)17-7-3-4-11(9-17)15(19)20/h5-6,8,11H,3-4,7,9H2,1-2H3,(H,16,18)(H,19,20). The zero-order valence-electron chi connectivity index (χ0n) is 13.5. The molecule has 9 heteroatoms. The number of amides is 1. The number of anilines is 1. The van der Waals surface area contributed by atoms with E-state index in [2.05, 4.69) is 5.32 Å². The van der Waals surface area contributed by atoms with Crippen LogP contribution >= 0.6 is 0 Å². The molecular weight excluding hydrogens is 336 g/mol. The van der Waals surface area contributed by atoms with Crippen LogP contribution in [0.5, 0.6) is 5.75 Å². The lowest BCUT2D eigenvalue weighted by atomic mass is 10.0. The van der Waals surface area contributed by atoms with E-state index >= 15 is 0 Å². The number of hydrogen-bond donors (Lipinski definition) is 2. The first-order valence-electron chi connectivity index (χ1n) is 7.44. The van der Waals surface area contributed by atoms with Gasteiger partial charge in [-0.05, 0) is 31.0 Å². The summed E-state index contributed by atoms with van der Waals surface area (Å²) in [6, 6.07) is 4.31. The Hall–Kier alpha value is -2.13. The van der Waals surface area contributed by atoms with Gasteiger partial charge in [0.25, 0.3) is 0 Å². The molecule has 0 aromatic heterocycles. The Balaban J connectivity index is 2.40.